The summed E-state index contributed by atoms with van der Waals surface area (Å²) in [4.78, 5) is 31.6. The molecule has 0 atom stereocenters. The number of rotatable bonds is 7. The van der Waals surface area contributed by atoms with Crippen molar-refractivity contribution >= 4 is 17.1 Å². The second-order valence-electron chi connectivity index (χ2n) is 8.74. The second-order valence-corrected chi connectivity index (χ2v) is 8.74. The van der Waals surface area contributed by atoms with Crippen LogP contribution in [0, 0.1) is 6.92 Å². The predicted octanol–water partition coefficient (Wildman–Crippen LogP) is 3.91. The SMILES string of the molecule is Cc1ccc(CNc2nc3c(c(=O)n(Cc4ccccc4)c(=O)n3C)n2Cc2ccccc2)cc1. The van der Waals surface area contributed by atoms with Gasteiger partial charge in [-0.1, -0.05) is 90.5 Å². The lowest BCUT2D eigenvalue weighted by Gasteiger charge is -2.12. The molecule has 0 saturated carbocycles. The van der Waals surface area contributed by atoms with Gasteiger partial charge < -0.3 is 5.32 Å². The van der Waals surface area contributed by atoms with Crippen LogP contribution >= 0.6 is 0 Å². The number of aryl methyl sites for hydroxylation is 2. The summed E-state index contributed by atoms with van der Waals surface area (Å²) < 4.78 is 4.62. The maximum Gasteiger partial charge on any atom is 0.332 e. The van der Waals surface area contributed by atoms with E-state index in [1.54, 1.807) is 7.05 Å². The summed E-state index contributed by atoms with van der Waals surface area (Å²) >= 11 is 0. The molecule has 35 heavy (non-hydrogen) atoms. The smallest absolute Gasteiger partial charge is 0.332 e. The molecule has 1 N–H and O–H groups in total. The number of hydrogen-bond acceptors (Lipinski definition) is 4. The summed E-state index contributed by atoms with van der Waals surface area (Å²) in [5, 5.41) is 3.39. The van der Waals surface area contributed by atoms with Gasteiger partial charge in [-0.3, -0.25) is 18.5 Å². The summed E-state index contributed by atoms with van der Waals surface area (Å²) in [6, 6.07) is 27.7. The minimum atomic E-state index is -0.388. The molecule has 3 aromatic carbocycles. The second kappa shape index (κ2) is 9.46. The highest BCUT2D eigenvalue weighted by molar-refractivity contribution is 5.74. The molecule has 7 nitrogen and oxygen atoms in total. The van der Waals surface area contributed by atoms with Crippen LogP contribution in [-0.2, 0) is 26.7 Å². The molecule has 2 aromatic heterocycles. The number of fused-ring (bicyclic) bond motifs is 1. The molecular formula is C28H27N5O2. The van der Waals surface area contributed by atoms with Crippen molar-refractivity contribution in [1.29, 1.82) is 0 Å². The first-order valence-corrected chi connectivity index (χ1v) is 11.6. The maximum absolute atomic E-state index is 13.7. The zero-order chi connectivity index (χ0) is 24.4. The molecule has 0 amide bonds. The molecule has 0 fully saturated rings. The highest BCUT2D eigenvalue weighted by atomic mass is 16.2. The normalized spacial score (nSPS) is 11.1. The zero-order valence-corrected chi connectivity index (χ0v) is 19.8. The molecule has 0 radical (unpaired) electrons. The van der Waals surface area contributed by atoms with Gasteiger partial charge in [0, 0.05) is 13.6 Å². The topological polar surface area (TPSA) is 73.8 Å². The van der Waals surface area contributed by atoms with Crippen molar-refractivity contribution in [2.45, 2.75) is 26.6 Å². The van der Waals surface area contributed by atoms with Crippen LogP contribution in [0.3, 0.4) is 0 Å². The van der Waals surface area contributed by atoms with Gasteiger partial charge in [0.15, 0.2) is 11.2 Å². The largest absolute Gasteiger partial charge is 0.351 e. The summed E-state index contributed by atoms with van der Waals surface area (Å²) in [5.74, 6) is 0.550. The minimum Gasteiger partial charge on any atom is -0.351 e. The van der Waals surface area contributed by atoms with Gasteiger partial charge in [-0.05, 0) is 23.6 Å². The van der Waals surface area contributed by atoms with Crippen LogP contribution in [0.15, 0.2) is 94.5 Å². The van der Waals surface area contributed by atoms with Crippen molar-refractivity contribution in [2.75, 3.05) is 5.32 Å². The van der Waals surface area contributed by atoms with Gasteiger partial charge in [-0.2, -0.15) is 4.98 Å². The van der Waals surface area contributed by atoms with Crippen LogP contribution in [0.1, 0.15) is 22.3 Å². The highest BCUT2D eigenvalue weighted by Crippen LogP contribution is 2.19. The molecule has 0 unspecified atom stereocenters. The molecule has 0 saturated heterocycles. The monoisotopic (exact) mass is 465 g/mol. The van der Waals surface area contributed by atoms with E-state index in [2.05, 4.69) is 36.5 Å². The Morgan fingerprint density at radius 2 is 1.31 bits per heavy atom. The molecule has 0 spiro atoms. The van der Waals surface area contributed by atoms with Gasteiger partial charge in [0.1, 0.15) is 0 Å². The van der Waals surface area contributed by atoms with E-state index in [1.807, 2.05) is 65.2 Å². The number of nitrogens with zero attached hydrogens (tertiary/aromatic N) is 4. The quantitative estimate of drug-likeness (QED) is 0.396. The number of nitrogens with one attached hydrogen (secondary N) is 1. The van der Waals surface area contributed by atoms with Crippen molar-refractivity contribution in [3.8, 4) is 0 Å². The predicted molar refractivity (Wildman–Crippen MR) is 139 cm³/mol. The van der Waals surface area contributed by atoms with E-state index in [4.69, 9.17) is 4.98 Å². The van der Waals surface area contributed by atoms with E-state index in [-0.39, 0.29) is 17.8 Å². The fourth-order valence-corrected chi connectivity index (χ4v) is 4.22. The molecule has 5 rings (SSSR count). The molecule has 2 heterocycles. The van der Waals surface area contributed by atoms with Gasteiger partial charge in [0.05, 0.1) is 13.1 Å². The molecular weight excluding hydrogens is 438 g/mol. The van der Waals surface area contributed by atoms with Crippen molar-refractivity contribution in [3.05, 3.63) is 128 Å². The third kappa shape index (κ3) is 4.53. The third-order valence-electron chi connectivity index (χ3n) is 6.17. The summed E-state index contributed by atoms with van der Waals surface area (Å²) in [6.45, 7) is 3.25. The van der Waals surface area contributed by atoms with E-state index in [9.17, 15) is 9.59 Å². The van der Waals surface area contributed by atoms with Crippen molar-refractivity contribution in [1.82, 2.24) is 18.7 Å². The van der Waals surface area contributed by atoms with Gasteiger partial charge in [-0.25, -0.2) is 4.79 Å². The third-order valence-corrected chi connectivity index (χ3v) is 6.17. The molecule has 176 valence electrons. The van der Waals surface area contributed by atoms with Crippen LogP contribution in [-0.4, -0.2) is 18.7 Å². The first kappa shape index (κ1) is 22.4. The Morgan fingerprint density at radius 3 is 1.91 bits per heavy atom. The lowest BCUT2D eigenvalue weighted by atomic mass is 10.1. The molecule has 0 bridgehead atoms. The van der Waals surface area contributed by atoms with Crippen molar-refractivity contribution in [2.24, 2.45) is 7.05 Å². The first-order chi connectivity index (χ1) is 17.0. The molecule has 5 aromatic rings. The molecule has 0 aliphatic heterocycles. The van der Waals surface area contributed by atoms with Crippen LogP contribution in [0.2, 0.25) is 0 Å². The number of hydrogen-bond donors (Lipinski definition) is 1. The average Bonchev–Trinajstić information content (AvgIpc) is 3.24. The van der Waals surface area contributed by atoms with Gasteiger partial charge in [0.25, 0.3) is 5.56 Å². The van der Waals surface area contributed by atoms with E-state index in [1.165, 1.54) is 14.7 Å². The van der Waals surface area contributed by atoms with E-state index >= 15 is 0 Å². The fraction of sp³-hybridized carbons (Fsp3) is 0.179. The van der Waals surface area contributed by atoms with E-state index in [0.717, 1.165) is 16.7 Å². The Morgan fingerprint density at radius 1 is 0.743 bits per heavy atom. The van der Waals surface area contributed by atoms with E-state index in [0.29, 0.717) is 30.2 Å². The maximum atomic E-state index is 13.7. The first-order valence-electron chi connectivity index (χ1n) is 11.6. The number of benzene rings is 3. The lowest BCUT2D eigenvalue weighted by molar-refractivity contribution is 0.653. The van der Waals surface area contributed by atoms with Crippen LogP contribution < -0.4 is 16.6 Å². The highest BCUT2D eigenvalue weighted by Gasteiger charge is 2.20. The standard InChI is InChI=1S/C28H27N5O2/c1-20-13-15-21(16-14-20)17-29-27-30-25-24(32(27)18-22-9-5-3-6-10-22)26(34)33(28(35)31(25)2)19-23-11-7-4-8-12-23/h3-16H,17-19H2,1-2H3,(H,29,30). The number of aromatic nitrogens is 4. The molecule has 0 aliphatic carbocycles. The summed E-state index contributed by atoms with van der Waals surface area (Å²) in [6.07, 6.45) is 0. The van der Waals surface area contributed by atoms with Crippen molar-refractivity contribution in [3.63, 3.8) is 0 Å². The van der Waals surface area contributed by atoms with Gasteiger partial charge >= 0.3 is 5.69 Å². The number of anilines is 1. The van der Waals surface area contributed by atoms with Crippen molar-refractivity contribution < 1.29 is 0 Å². The molecule has 0 aliphatic rings. The summed E-state index contributed by atoms with van der Waals surface area (Å²) in [7, 11) is 1.66. The van der Waals surface area contributed by atoms with Gasteiger partial charge in [-0.15, -0.1) is 0 Å². The van der Waals surface area contributed by atoms with Crippen LogP contribution in [0.4, 0.5) is 5.95 Å². The average molecular weight is 466 g/mol. The fourth-order valence-electron chi connectivity index (χ4n) is 4.22. The van der Waals surface area contributed by atoms with Gasteiger partial charge in [0.2, 0.25) is 5.95 Å². The molecule has 7 heteroatoms. The zero-order valence-electron chi connectivity index (χ0n) is 19.8. The van der Waals surface area contributed by atoms with Crippen LogP contribution in [0.25, 0.3) is 11.2 Å². The minimum absolute atomic E-state index is 0.199. The van der Waals surface area contributed by atoms with Crippen LogP contribution in [0.5, 0.6) is 0 Å². The lowest BCUT2D eigenvalue weighted by Crippen LogP contribution is -2.40. The Balaban J connectivity index is 1.64. The van der Waals surface area contributed by atoms with E-state index < -0.39 is 0 Å². The Hall–Kier alpha value is -4.39. The Kier molecular flexibility index (Phi) is 6.06. The number of imidazole rings is 1. The Bertz CT molecular complexity index is 1580. The Labute approximate surface area is 202 Å². The summed E-state index contributed by atoms with van der Waals surface area (Å²) in [5.41, 5.74) is 4.25.